The van der Waals surface area contributed by atoms with Gasteiger partial charge in [-0.1, -0.05) is 11.6 Å². The minimum Gasteiger partial charge on any atom is -0.353 e. The minimum atomic E-state index is -1.50. The summed E-state index contributed by atoms with van der Waals surface area (Å²) in [4.78, 5) is 0. The second-order valence-corrected chi connectivity index (χ2v) is 2.28. The van der Waals surface area contributed by atoms with Gasteiger partial charge in [-0.2, -0.15) is 0 Å². The number of rotatable bonds is 1. The van der Waals surface area contributed by atoms with E-state index in [1.54, 1.807) is 6.08 Å². The summed E-state index contributed by atoms with van der Waals surface area (Å²) in [5.74, 6) is 3.50. The molecular formula is C5H8ClN3O. The molecule has 1 aliphatic rings. The second kappa shape index (κ2) is 2.59. The zero-order valence-electron chi connectivity index (χ0n) is 5.13. The third-order valence-electron chi connectivity index (χ3n) is 1.19. The molecule has 0 amide bonds. The van der Waals surface area contributed by atoms with Crippen LogP contribution in [0.5, 0.6) is 0 Å². The summed E-state index contributed by atoms with van der Waals surface area (Å²) in [6.45, 7) is 0. The van der Waals surface area contributed by atoms with Crippen LogP contribution in [0.3, 0.4) is 0 Å². The van der Waals surface area contributed by atoms with E-state index in [1.165, 1.54) is 12.3 Å². The Bertz CT molecular complexity index is 191. The molecule has 4 nitrogen and oxygen atoms in total. The van der Waals surface area contributed by atoms with Gasteiger partial charge in [0.25, 0.3) is 0 Å². The third-order valence-corrected chi connectivity index (χ3v) is 1.59. The average molecular weight is 162 g/mol. The summed E-state index contributed by atoms with van der Waals surface area (Å²) in [6.07, 6.45) is 4.73. The van der Waals surface area contributed by atoms with Crippen molar-refractivity contribution in [1.82, 2.24) is 10.7 Å². The van der Waals surface area contributed by atoms with Crippen molar-refractivity contribution in [2.75, 3.05) is 0 Å². The van der Waals surface area contributed by atoms with Gasteiger partial charge in [0.15, 0.2) is 0 Å². The van der Waals surface area contributed by atoms with E-state index in [4.69, 9.17) is 17.4 Å². The standard InChI is InChI=1S/C5H8ClN3O/c6-4-2-1-3-8-5(4,10)9-7/h1-3,8-10H,7H2. The van der Waals surface area contributed by atoms with Crippen molar-refractivity contribution in [3.63, 3.8) is 0 Å². The molecule has 10 heavy (non-hydrogen) atoms. The van der Waals surface area contributed by atoms with Gasteiger partial charge >= 0.3 is 0 Å². The first kappa shape index (κ1) is 7.56. The lowest BCUT2D eigenvalue weighted by Gasteiger charge is -2.28. The number of aliphatic hydroxyl groups is 1. The molecule has 0 aromatic rings. The van der Waals surface area contributed by atoms with E-state index in [2.05, 4.69) is 10.7 Å². The highest BCUT2D eigenvalue weighted by Crippen LogP contribution is 2.16. The predicted octanol–water partition coefficient (Wildman–Crippen LogP) is -0.665. The van der Waals surface area contributed by atoms with Gasteiger partial charge in [0.05, 0.1) is 5.03 Å². The topological polar surface area (TPSA) is 70.3 Å². The zero-order chi connectivity index (χ0) is 7.61. The molecule has 0 saturated carbocycles. The average Bonchev–Trinajstić information content (AvgIpc) is 1.96. The summed E-state index contributed by atoms with van der Waals surface area (Å²) < 4.78 is 0. The minimum absolute atomic E-state index is 0.206. The lowest BCUT2D eigenvalue weighted by Crippen LogP contribution is -2.59. The van der Waals surface area contributed by atoms with Gasteiger partial charge in [-0.25, -0.2) is 5.43 Å². The van der Waals surface area contributed by atoms with Crippen molar-refractivity contribution in [3.8, 4) is 0 Å². The molecule has 56 valence electrons. The van der Waals surface area contributed by atoms with Crippen molar-refractivity contribution in [2.24, 2.45) is 5.84 Å². The first-order valence-corrected chi connectivity index (χ1v) is 3.07. The van der Waals surface area contributed by atoms with Crippen LogP contribution in [0.15, 0.2) is 23.4 Å². The Morgan fingerprint density at radius 2 is 2.50 bits per heavy atom. The Balaban J connectivity index is 2.81. The highest BCUT2D eigenvalue weighted by Gasteiger charge is 2.28. The summed E-state index contributed by atoms with van der Waals surface area (Å²) in [6, 6.07) is 0. The number of dihydropyridines is 1. The summed E-state index contributed by atoms with van der Waals surface area (Å²) in [5, 5.41) is 12.1. The lowest BCUT2D eigenvalue weighted by molar-refractivity contribution is 0.0273. The fourth-order valence-electron chi connectivity index (χ4n) is 0.601. The molecule has 0 bridgehead atoms. The van der Waals surface area contributed by atoms with Crippen LogP contribution in [0.2, 0.25) is 0 Å². The monoisotopic (exact) mass is 161 g/mol. The molecule has 0 aromatic carbocycles. The van der Waals surface area contributed by atoms with Crippen LogP contribution in [0.25, 0.3) is 0 Å². The molecule has 1 atom stereocenters. The van der Waals surface area contributed by atoms with E-state index >= 15 is 0 Å². The first-order valence-electron chi connectivity index (χ1n) is 2.70. The quantitative estimate of drug-likeness (QED) is 0.234. The van der Waals surface area contributed by atoms with Gasteiger partial charge < -0.3 is 10.4 Å². The van der Waals surface area contributed by atoms with Crippen molar-refractivity contribution >= 4 is 11.6 Å². The van der Waals surface area contributed by atoms with Crippen molar-refractivity contribution in [3.05, 3.63) is 23.4 Å². The molecule has 0 spiro atoms. The zero-order valence-corrected chi connectivity index (χ0v) is 5.89. The van der Waals surface area contributed by atoms with Crippen molar-refractivity contribution in [1.29, 1.82) is 0 Å². The van der Waals surface area contributed by atoms with Crippen LogP contribution in [0, 0.1) is 0 Å². The fourth-order valence-corrected chi connectivity index (χ4v) is 0.783. The number of hydrazine groups is 1. The van der Waals surface area contributed by atoms with E-state index in [0.29, 0.717) is 0 Å². The molecule has 5 N–H and O–H groups in total. The number of nitrogens with one attached hydrogen (secondary N) is 2. The van der Waals surface area contributed by atoms with E-state index in [-0.39, 0.29) is 5.03 Å². The Labute approximate surface area is 63.3 Å². The van der Waals surface area contributed by atoms with Gasteiger partial charge in [0.2, 0.25) is 5.85 Å². The largest absolute Gasteiger partial charge is 0.353 e. The molecule has 5 heteroatoms. The van der Waals surface area contributed by atoms with Crippen LogP contribution >= 0.6 is 11.6 Å². The number of hydrogen-bond acceptors (Lipinski definition) is 4. The lowest BCUT2D eigenvalue weighted by atomic mass is 10.3. The molecule has 0 radical (unpaired) electrons. The van der Waals surface area contributed by atoms with Crippen molar-refractivity contribution in [2.45, 2.75) is 5.85 Å². The Hall–Kier alpha value is -0.550. The number of allylic oxidation sites excluding steroid dienone is 2. The van der Waals surface area contributed by atoms with Crippen LogP contribution in [0.1, 0.15) is 0 Å². The van der Waals surface area contributed by atoms with Crippen molar-refractivity contribution < 1.29 is 5.11 Å². The molecule has 0 aromatic heterocycles. The number of hydrogen-bond donors (Lipinski definition) is 4. The first-order chi connectivity index (χ1) is 4.69. The molecule has 0 aliphatic carbocycles. The SMILES string of the molecule is NNC1(O)NC=CC=C1Cl. The summed E-state index contributed by atoms with van der Waals surface area (Å²) in [5.41, 5.74) is 2.12. The molecule has 1 rings (SSSR count). The molecule has 0 saturated heterocycles. The van der Waals surface area contributed by atoms with Gasteiger partial charge in [0, 0.05) is 6.20 Å². The maximum absolute atomic E-state index is 9.35. The van der Waals surface area contributed by atoms with E-state index in [9.17, 15) is 5.11 Å². The summed E-state index contributed by atoms with van der Waals surface area (Å²) in [7, 11) is 0. The molecule has 1 aliphatic heterocycles. The number of nitrogens with two attached hydrogens (primary N) is 1. The second-order valence-electron chi connectivity index (χ2n) is 1.87. The van der Waals surface area contributed by atoms with Gasteiger partial charge in [0.1, 0.15) is 0 Å². The Kier molecular flexibility index (Phi) is 1.96. The van der Waals surface area contributed by atoms with Gasteiger partial charge in [-0.15, -0.1) is 0 Å². The van der Waals surface area contributed by atoms with Crippen LogP contribution in [-0.2, 0) is 0 Å². The number of halogens is 1. The molecular weight excluding hydrogens is 154 g/mol. The van der Waals surface area contributed by atoms with Crippen LogP contribution in [-0.4, -0.2) is 11.0 Å². The molecule has 0 fully saturated rings. The molecule has 1 unspecified atom stereocenters. The summed E-state index contributed by atoms with van der Waals surface area (Å²) >= 11 is 5.58. The predicted molar refractivity (Wildman–Crippen MR) is 38.5 cm³/mol. The normalized spacial score (nSPS) is 31.3. The van der Waals surface area contributed by atoms with Gasteiger partial charge in [-0.3, -0.25) is 5.84 Å². The maximum atomic E-state index is 9.35. The Morgan fingerprint density at radius 3 is 2.90 bits per heavy atom. The third kappa shape index (κ3) is 1.15. The highest BCUT2D eigenvalue weighted by molar-refractivity contribution is 6.30. The fraction of sp³-hybridized carbons (Fsp3) is 0.200. The highest BCUT2D eigenvalue weighted by atomic mass is 35.5. The maximum Gasteiger partial charge on any atom is 0.243 e. The van der Waals surface area contributed by atoms with Crippen LogP contribution < -0.4 is 16.6 Å². The van der Waals surface area contributed by atoms with E-state index in [0.717, 1.165) is 0 Å². The molecule has 1 heterocycles. The van der Waals surface area contributed by atoms with Gasteiger partial charge in [-0.05, 0) is 12.2 Å². The van der Waals surface area contributed by atoms with E-state index < -0.39 is 5.85 Å². The Morgan fingerprint density at radius 1 is 1.80 bits per heavy atom. The smallest absolute Gasteiger partial charge is 0.243 e. The van der Waals surface area contributed by atoms with Crippen LogP contribution in [0.4, 0.5) is 0 Å². The van der Waals surface area contributed by atoms with E-state index in [1.807, 2.05) is 0 Å².